The number of carbonyl (C=O) groups is 1. The molecule has 1 aliphatic carbocycles. The maximum absolute atomic E-state index is 12.3. The first-order valence-electron chi connectivity index (χ1n) is 6.74. The highest BCUT2D eigenvalue weighted by Crippen LogP contribution is 2.31. The van der Waals surface area contributed by atoms with Crippen molar-refractivity contribution in [2.24, 2.45) is 5.92 Å². The first kappa shape index (κ1) is 14.5. The van der Waals surface area contributed by atoms with Crippen LogP contribution in [0.1, 0.15) is 32.3 Å². The summed E-state index contributed by atoms with van der Waals surface area (Å²) in [7, 11) is 0. The van der Waals surface area contributed by atoms with Gasteiger partial charge in [0.05, 0.1) is 6.61 Å². The summed E-state index contributed by atoms with van der Waals surface area (Å²) in [5.41, 5.74) is 0.175. The predicted molar refractivity (Wildman–Crippen MR) is 78.9 cm³/mol. The number of esters is 1. The second-order valence-corrected chi connectivity index (χ2v) is 6.09. The molecule has 1 aliphatic rings. The third-order valence-electron chi connectivity index (χ3n) is 3.55. The minimum atomic E-state index is -0.765. The zero-order chi connectivity index (χ0) is 13.9. The maximum atomic E-state index is 12.3. The predicted octanol–water partition coefficient (Wildman–Crippen LogP) is 3.23. The quantitative estimate of drug-likeness (QED) is 0.816. The van der Waals surface area contributed by atoms with E-state index in [4.69, 9.17) is 4.74 Å². The summed E-state index contributed by atoms with van der Waals surface area (Å²) < 4.78 is 6.24. The molecule has 3 nitrogen and oxygen atoms in total. The van der Waals surface area contributed by atoms with E-state index in [1.807, 2.05) is 38.1 Å². The Kier molecular flexibility index (Phi) is 4.63. The Labute approximate surface area is 122 Å². The zero-order valence-electron chi connectivity index (χ0n) is 11.4. The van der Waals surface area contributed by atoms with Crippen molar-refractivity contribution >= 4 is 21.9 Å². The number of halogens is 1. The van der Waals surface area contributed by atoms with Gasteiger partial charge in [-0.3, -0.25) is 5.32 Å². The van der Waals surface area contributed by atoms with Gasteiger partial charge in [0.15, 0.2) is 0 Å². The first-order chi connectivity index (χ1) is 9.06. The molecule has 1 aromatic rings. The smallest absolute Gasteiger partial charge is 0.330 e. The molecule has 0 aliphatic heterocycles. The minimum Gasteiger partial charge on any atom is -0.464 e. The summed E-state index contributed by atoms with van der Waals surface area (Å²) in [5, 5.41) is 3.39. The van der Waals surface area contributed by atoms with E-state index < -0.39 is 5.54 Å². The molecule has 1 fully saturated rings. The summed E-state index contributed by atoms with van der Waals surface area (Å²) in [5.74, 6) is 0.502. The van der Waals surface area contributed by atoms with Crippen molar-refractivity contribution in [1.82, 2.24) is 5.32 Å². The van der Waals surface area contributed by atoms with Crippen LogP contribution in [0, 0.1) is 5.92 Å². The molecule has 2 rings (SSSR count). The summed E-state index contributed by atoms with van der Waals surface area (Å²) in [6, 6.07) is 7.82. The molecule has 0 heterocycles. The van der Waals surface area contributed by atoms with E-state index in [0.717, 1.165) is 16.6 Å². The highest BCUT2D eigenvalue weighted by Gasteiger charge is 2.37. The van der Waals surface area contributed by atoms with Gasteiger partial charge in [0.1, 0.15) is 5.54 Å². The third kappa shape index (κ3) is 3.57. The average molecular weight is 326 g/mol. The van der Waals surface area contributed by atoms with E-state index in [0.29, 0.717) is 12.5 Å². The standard InChI is InChI=1S/C15H20BrNO2/c1-3-19-14(18)15(2,17-10-11-4-5-11)12-6-8-13(16)9-7-12/h6-9,11,17H,3-5,10H2,1-2H3. The number of nitrogens with one attached hydrogen (secondary N) is 1. The van der Waals surface area contributed by atoms with Crippen LogP contribution in [0.2, 0.25) is 0 Å². The van der Waals surface area contributed by atoms with E-state index >= 15 is 0 Å². The molecule has 1 unspecified atom stereocenters. The Morgan fingerprint density at radius 3 is 2.58 bits per heavy atom. The topological polar surface area (TPSA) is 38.3 Å². The molecule has 0 aromatic heterocycles. The molecular formula is C15H20BrNO2. The van der Waals surface area contributed by atoms with Gasteiger partial charge in [-0.05, 0) is 56.8 Å². The van der Waals surface area contributed by atoms with Crippen molar-refractivity contribution in [3.8, 4) is 0 Å². The van der Waals surface area contributed by atoms with Crippen LogP contribution in [-0.2, 0) is 15.1 Å². The van der Waals surface area contributed by atoms with Crippen molar-refractivity contribution in [2.45, 2.75) is 32.2 Å². The first-order valence-corrected chi connectivity index (χ1v) is 7.54. The number of hydrogen-bond donors (Lipinski definition) is 1. The fourth-order valence-corrected chi connectivity index (χ4v) is 2.29. The molecule has 0 bridgehead atoms. The van der Waals surface area contributed by atoms with Gasteiger partial charge in [-0.25, -0.2) is 4.79 Å². The number of benzene rings is 1. The summed E-state index contributed by atoms with van der Waals surface area (Å²) >= 11 is 3.42. The number of carbonyl (C=O) groups excluding carboxylic acids is 1. The number of ether oxygens (including phenoxy) is 1. The van der Waals surface area contributed by atoms with Crippen molar-refractivity contribution in [1.29, 1.82) is 0 Å². The largest absolute Gasteiger partial charge is 0.464 e. The van der Waals surface area contributed by atoms with Crippen molar-refractivity contribution < 1.29 is 9.53 Å². The van der Waals surface area contributed by atoms with Crippen LogP contribution < -0.4 is 5.32 Å². The maximum Gasteiger partial charge on any atom is 0.330 e. The van der Waals surface area contributed by atoms with E-state index in [1.54, 1.807) is 0 Å². The third-order valence-corrected chi connectivity index (χ3v) is 4.08. The van der Waals surface area contributed by atoms with Crippen LogP contribution in [0.3, 0.4) is 0 Å². The Morgan fingerprint density at radius 1 is 1.42 bits per heavy atom. The Morgan fingerprint density at radius 2 is 2.05 bits per heavy atom. The van der Waals surface area contributed by atoms with Gasteiger partial charge in [0, 0.05) is 4.47 Å². The molecule has 0 spiro atoms. The lowest BCUT2D eigenvalue weighted by Gasteiger charge is -2.29. The minimum absolute atomic E-state index is 0.210. The second kappa shape index (κ2) is 6.06. The van der Waals surface area contributed by atoms with Crippen LogP contribution in [0.4, 0.5) is 0 Å². The molecule has 0 radical (unpaired) electrons. The molecular weight excluding hydrogens is 306 g/mol. The lowest BCUT2D eigenvalue weighted by molar-refractivity contribution is -0.151. The van der Waals surface area contributed by atoms with Crippen LogP contribution in [-0.4, -0.2) is 19.1 Å². The average Bonchev–Trinajstić information content (AvgIpc) is 3.21. The number of hydrogen-bond acceptors (Lipinski definition) is 3. The Balaban J connectivity index is 2.20. The fraction of sp³-hybridized carbons (Fsp3) is 0.533. The molecule has 0 saturated heterocycles. The molecule has 1 N–H and O–H groups in total. The Hall–Kier alpha value is -0.870. The summed E-state index contributed by atoms with van der Waals surface area (Å²) in [4.78, 5) is 12.3. The Bertz CT molecular complexity index is 442. The highest BCUT2D eigenvalue weighted by molar-refractivity contribution is 9.10. The monoisotopic (exact) mass is 325 g/mol. The van der Waals surface area contributed by atoms with Gasteiger partial charge in [0.2, 0.25) is 0 Å². The van der Waals surface area contributed by atoms with Gasteiger partial charge in [0.25, 0.3) is 0 Å². The van der Waals surface area contributed by atoms with Crippen LogP contribution in [0.5, 0.6) is 0 Å². The number of rotatable bonds is 6. The summed E-state index contributed by atoms with van der Waals surface area (Å²) in [6.07, 6.45) is 2.51. The molecule has 1 atom stereocenters. The molecule has 1 aromatic carbocycles. The SMILES string of the molecule is CCOC(=O)C(C)(NCC1CC1)c1ccc(Br)cc1. The van der Waals surface area contributed by atoms with Gasteiger partial charge >= 0.3 is 5.97 Å². The lowest BCUT2D eigenvalue weighted by atomic mass is 9.92. The van der Waals surface area contributed by atoms with E-state index in [2.05, 4.69) is 21.2 Å². The van der Waals surface area contributed by atoms with E-state index in [1.165, 1.54) is 12.8 Å². The van der Waals surface area contributed by atoms with Crippen LogP contribution in [0.25, 0.3) is 0 Å². The van der Waals surface area contributed by atoms with Gasteiger partial charge in [-0.1, -0.05) is 28.1 Å². The molecule has 104 valence electrons. The molecule has 1 saturated carbocycles. The lowest BCUT2D eigenvalue weighted by Crippen LogP contribution is -2.48. The molecule has 4 heteroatoms. The zero-order valence-corrected chi connectivity index (χ0v) is 13.0. The van der Waals surface area contributed by atoms with Crippen molar-refractivity contribution in [2.75, 3.05) is 13.2 Å². The highest BCUT2D eigenvalue weighted by atomic mass is 79.9. The van der Waals surface area contributed by atoms with E-state index in [9.17, 15) is 4.79 Å². The summed E-state index contributed by atoms with van der Waals surface area (Å²) in [6.45, 7) is 5.00. The molecule has 0 amide bonds. The fourth-order valence-electron chi connectivity index (χ4n) is 2.02. The van der Waals surface area contributed by atoms with Gasteiger partial charge in [-0.15, -0.1) is 0 Å². The van der Waals surface area contributed by atoms with E-state index in [-0.39, 0.29) is 5.97 Å². The van der Waals surface area contributed by atoms with Crippen LogP contribution >= 0.6 is 15.9 Å². The van der Waals surface area contributed by atoms with Gasteiger partial charge in [-0.2, -0.15) is 0 Å². The normalized spacial score (nSPS) is 17.8. The van der Waals surface area contributed by atoms with Gasteiger partial charge < -0.3 is 4.74 Å². The van der Waals surface area contributed by atoms with Crippen molar-refractivity contribution in [3.63, 3.8) is 0 Å². The van der Waals surface area contributed by atoms with Crippen molar-refractivity contribution in [3.05, 3.63) is 34.3 Å². The second-order valence-electron chi connectivity index (χ2n) is 5.18. The molecule has 19 heavy (non-hydrogen) atoms. The van der Waals surface area contributed by atoms with Crippen LogP contribution in [0.15, 0.2) is 28.7 Å².